The lowest BCUT2D eigenvalue weighted by Gasteiger charge is -2.02. The van der Waals surface area contributed by atoms with Crippen molar-refractivity contribution in [3.63, 3.8) is 0 Å². The molecule has 1 aromatic heterocycles. The predicted octanol–water partition coefficient (Wildman–Crippen LogP) is 0.235. The van der Waals surface area contributed by atoms with Gasteiger partial charge in [0.05, 0.1) is 18.2 Å². The number of nitrogens with zero attached hydrogens (tertiary/aromatic N) is 3. The first-order valence-corrected chi connectivity index (χ1v) is 3.91. The zero-order chi connectivity index (χ0) is 10.4. The van der Waals surface area contributed by atoms with Gasteiger partial charge in [0.2, 0.25) is 0 Å². The molecule has 1 rings (SSSR count). The van der Waals surface area contributed by atoms with E-state index in [0.29, 0.717) is 11.4 Å². The Morgan fingerprint density at radius 1 is 1.71 bits per heavy atom. The zero-order valence-electron chi connectivity index (χ0n) is 7.27. The first kappa shape index (κ1) is 9.92. The van der Waals surface area contributed by atoms with Gasteiger partial charge in [-0.1, -0.05) is 0 Å². The minimum absolute atomic E-state index is 0.0263. The van der Waals surface area contributed by atoms with Crippen LogP contribution in [-0.4, -0.2) is 27.8 Å². The minimum Gasteiger partial charge on any atom is -0.481 e. The third-order valence-corrected chi connectivity index (χ3v) is 1.47. The van der Waals surface area contributed by atoms with Crippen LogP contribution in [-0.2, 0) is 4.79 Å². The number of rotatable bonds is 4. The van der Waals surface area contributed by atoms with E-state index in [0.717, 1.165) is 0 Å². The van der Waals surface area contributed by atoms with Crippen LogP contribution >= 0.6 is 0 Å². The van der Waals surface area contributed by atoms with Crippen LogP contribution in [0.2, 0.25) is 0 Å². The molecular weight excluding hydrogens is 184 g/mol. The van der Waals surface area contributed by atoms with Gasteiger partial charge >= 0.3 is 5.97 Å². The molecule has 0 aliphatic carbocycles. The van der Waals surface area contributed by atoms with Gasteiger partial charge in [-0.15, -0.1) is 5.10 Å². The summed E-state index contributed by atoms with van der Waals surface area (Å²) in [5, 5.41) is 27.0. The Balaban J connectivity index is 2.59. The Hall–Kier alpha value is -2.16. The van der Waals surface area contributed by atoms with Crippen LogP contribution < -0.4 is 5.32 Å². The second-order valence-electron chi connectivity index (χ2n) is 2.48. The van der Waals surface area contributed by atoms with E-state index >= 15 is 0 Å². The summed E-state index contributed by atoms with van der Waals surface area (Å²) < 4.78 is 0. The maximum absolute atomic E-state index is 10.2. The molecule has 14 heavy (non-hydrogen) atoms. The van der Waals surface area contributed by atoms with Crippen LogP contribution in [0.4, 0.5) is 5.82 Å². The normalized spacial score (nSPS) is 9.07. The summed E-state index contributed by atoms with van der Waals surface area (Å²) in [7, 11) is 0. The SMILES string of the molecule is N#Cc1ccnnc1NCCC(=O)O. The van der Waals surface area contributed by atoms with Crippen molar-refractivity contribution in [1.82, 2.24) is 10.2 Å². The molecular formula is C8H8N4O2. The molecule has 0 bridgehead atoms. The lowest BCUT2D eigenvalue weighted by Crippen LogP contribution is -2.10. The highest BCUT2D eigenvalue weighted by molar-refractivity contribution is 5.67. The van der Waals surface area contributed by atoms with Crippen molar-refractivity contribution in [3.8, 4) is 6.07 Å². The second kappa shape index (κ2) is 4.77. The Labute approximate surface area is 80.2 Å². The maximum atomic E-state index is 10.2. The average molecular weight is 192 g/mol. The van der Waals surface area contributed by atoms with Gasteiger partial charge in [-0.2, -0.15) is 10.4 Å². The number of nitriles is 1. The van der Waals surface area contributed by atoms with Gasteiger partial charge in [0.1, 0.15) is 6.07 Å². The third kappa shape index (κ3) is 2.71. The van der Waals surface area contributed by atoms with Gasteiger partial charge in [0, 0.05) is 6.54 Å². The lowest BCUT2D eigenvalue weighted by molar-refractivity contribution is -0.136. The molecule has 6 heteroatoms. The number of carboxylic acid groups (broad SMARTS) is 1. The fourth-order valence-electron chi connectivity index (χ4n) is 0.840. The highest BCUT2D eigenvalue weighted by atomic mass is 16.4. The van der Waals surface area contributed by atoms with Crippen molar-refractivity contribution in [2.24, 2.45) is 0 Å². The molecule has 0 fully saturated rings. The first-order chi connectivity index (χ1) is 6.74. The third-order valence-electron chi connectivity index (χ3n) is 1.47. The number of carbonyl (C=O) groups is 1. The van der Waals surface area contributed by atoms with Gasteiger partial charge in [-0.3, -0.25) is 4.79 Å². The molecule has 0 atom stereocenters. The van der Waals surface area contributed by atoms with E-state index in [4.69, 9.17) is 10.4 Å². The van der Waals surface area contributed by atoms with Crippen LogP contribution in [0.1, 0.15) is 12.0 Å². The number of anilines is 1. The van der Waals surface area contributed by atoms with E-state index < -0.39 is 5.97 Å². The fraction of sp³-hybridized carbons (Fsp3) is 0.250. The van der Waals surface area contributed by atoms with Crippen molar-refractivity contribution < 1.29 is 9.90 Å². The smallest absolute Gasteiger partial charge is 0.305 e. The second-order valence-corrected chi connectivity index (χ2v) is 2.48. The highest BCUT2D eigenvalue weighted by Gasteiger charge is 2.03. The number of carboxylic acids is 1. The van der Waals surface area contributed by atoms with E-state index in [1.165, 1.54) is 12.3 Å². The van der Waals surface area contributed by atoms with Gasteiger partial charge in [0.15, 0.2) is 5.82 Å². The molecule has 0 spiro atoms. The Kier molecular flexibility index (Phi) is 3.38. The molecule has 1 aromatic rings. The van der Waals surface area contributed by atoms with E-state index in [1.54, 1.807) is 0 Å². The topological polar surface area (TPSA) is 98.9 Å². The molecule has 2 N–H and O–H groups in total. The number of hydrogen-bond acceptors (Lipinski definition) is 5. The molecule has 0 aliphatic heterocycles. The highest BCUT2D eigenvalue weighted by Crippen LogP contribution is 2.07. The quantitative estimate of drug-likeness (QED) is 0.708. The summed E-state index contributed by atoms with van der Waals surface area (Å²) in [5.74, 6) is -0.587. The molecule has 0 radical (unpaired) electrons. The zero-order valence-corrected chi connectivity index (χ0v) is 7.27. The monoisotopic (exact) mass is 192 g/mol. The van der Waals surface area contributed by atoms with Crippen LogP contribution in [0.5, 0.6) is 0 Å². The van der Waals surface area contributed by atoms with Crippen LogP contribution in [0.15, 0.2) is 12.3 Å². The molecule has 0 amide bonds. The summed E-state index contributed by atoms with van der Waals surface area (Å²) in [6, 6.07) is 3.43. The van der Waals surface area contributed by atoms with Crippen LogP contribution in [0, 0.1) is 11.3 Å². The largest absolute Gasteiger partial charge is 0.481 e. The minimum atomic E-state index is -0.903. The summed E-state index contributed by atoms with van der Waals surface area (Å²) in [5.41, 5.74) is 0.352. The van der Waals surface area contributed by atoms with Gasteiger partial charge in [0.25, 0.3) is 0 Å². The first-order valence-electron chi connectivity index (χ1n) is 3.91. The van der Waals surface area contributed by atoms with Crippen molar-refractivity contribution >= 4 is 11.8 Å². The Bertz CT molecular complexity index is 372. The number of nitrogens with one attached hydrogen (secondary N) is 1. The lowest BCUT2D eigenvalue weighted by atomic mass is 10.3. The molecule has 0 saturated heterocycles. The van der Waals surface area contributed by atoms with Crippen molar-refractivity contribution in [2.45, 2.75) is 6.42 Å². The Morgan fingerprint density at radius 3 is 3.14 bits per heavy atom. The molecule has 6 nitrogen and oxygen atoms in total. The van der Waals surface area contributed by atoms with Crippen molar-refractivity contribution in [2.75, 3.05) is 11.9 Å². The fourth-order valence-corrected chi connectivity index (χ4v) is 0.840. The van der Waals surface area contributed by atoms with Crippen LogP contribution in [0.25, 0.3) is 0 Å². The van der Waals surface area contributed by atoms with E-state index in [1.807, 2.05) is 6.07 Å². The summed E-state index contributed by atoms with van der Waals surface area (Å²) in [4.78, 5) is 10.2. The maximum Gasteiger partial charge on any atom is 0.305 e. The molecule has 72 valence electrons. The molecule has 0 unspecified atom stereocenters. The standard InChI is InChI=1S/C8H8N4O2/c9-5-6-1-4-11-12-8(6)10-3-2-7(13)14/h1,4H,2-3H2,(H,10,12)(H,13,14). The number of aromatic nitrogens is 2. The van der Waals surface area contributed by atoms with E-state index in [2.05, 4.69) is 15.5 Å². The van der Waals surface area contributed by atoms with Gasteiger partial charge < -0.3 is 10.4 Å². The number of aliphatic carboxylic acids is 1. The van der Waals surface area contributed by atoms with Gasteiger partial charge in [-0.25, -0.2) is 0 Å². The van der Waals surface area contributed by atoms with Gasteiger partial charge in [-0.05, 0) is 6.07 Å². The van der Waals surface area contributed by atoms with E-state index in [9.17, 15) is 4.79 Å². The average Bonchev–Trinajstić information content (AvgIpc) is 2.18. The molecule has 0 saturated carbocycles. The summed E-state index contributed by atoms with van der Waals surface area (Å²) in [6.45, 7) is 0.225. The van der Waals surface area contributed by atoms with Crippen LogP contribution in [0.3, 0.4) is 0 Å². The van der Waals surface area contributed by atoms with Crippen molar-refractivity contribution in [1.29, 1.82) is 5.26 Å². The predicted molar refractivity (Wildman–Crippen MR) is 47.5 cm³/mol. The molecule has 0 aliphatic rings. The summed E-state index contributed by atoms with van der Waals surface area (Å²) >= 11 is 0. The number of hydrogen-bond donors (Lipinski definition) is 2. The molecule has 1 heterocycles. The molecule has 0 aromatic carbocycles. The summed E-state index contributed by atoms with van der Waals surface area (Å²) in [6.07, 6.45) is 1.38. The van der Waals surface area contributed by atoms with Crippen molar-refractivity contribution in [3.05, 3.63) is 17.8 Å². The Morgan fingerprint density at radius 2 is 2.50 bits per heavy atom. The van der Waals surface area contributed by atoms with E-state index in [-0.39, 0.29) is 13.0 Å².